The molecule has 0 heterocycles. The molecule has 2 N–H and O–H groups in total. The maximum atomic E-state index is 11.7. The van der Waals surface area contributed by atoms with E-state index in [9.17, 15) is 4.79 Å². The van der Waals surface area contributed by atoms with Gasteiger partial charge >= 0.3 is 0 Å². The summed E-state index contributed by atoms with van der Waals surface area (Å²) in [5, 5.41) is 6.02. The summed E-state index contributed by atoms with van der Waals surface area (Å²) in [5.41, 5.74) is 1.08. The number of benzene rings is 1. The summed E-state index contributed by atoms with van der Waals surface area (Å²) >= 11 is 3.51. The molecular weight excluding hydrogens is 336 g/mol. The quantitative estimate of drug-likeness (QED) is 0.663. The fourth-order valence-electron chi connectivity index (χ4n) is 1.73. The molecule has 1 rings (SSSR count). The molecule has 0 radical (unpaired) electrons. The average molecular weight is 359 g/mol. The third-order valence-electron chi connectivity index (χ3n) is 2.85. The molecule has 1 amide bonds. The Bertz CT molecular complexity index is 455. The van der Waals surface area contributed by atoms with Crippen LogP contribution in [0.2, 0.25) is 0 Å². The Kier molecular flexibility index (Phi) is 8.34. The summed E-state index contributed by atoms with van der Waals surface area (Å²) in [4.78, 5) is 11.7. The van der Waals surface area contributed by atoms with Gasteiger partial charge in [-0.1, -0.05) is 15.9 Å². The van der Waals surface area contributed by atoms with Gasteiger partial charge in [-0.05, 0) is 37.6 Å². The van der Waals surface area contributed by atoms with E-state index >= 15 is 0 Å². The summed E-state index contributed by atoms with van der Waals surface area (Å²) in [5.74, 6) is 0.570. The highest BCUT2D eigenvalue weighted by molar-refractivity contribution is 9.10. The van der Waals surface area contributed by atoms with Gasteiger partial charge in [0.15, 0.2) is 6.10 Å². The second kappa shape index (κ2) is 9.76. The zero-order valence-corrected chi connectivity index (χ0v) is 14.3. The highest BCUT2D eigenvalue weighted by Crippen LogP contribution is 2.23. The maximum absolute atomic E-state index is 11.7. The molecule has 6 heteroatoms. The molecule has 0 aliphatic rings. The van der Waals surface area contributed by atoms with Crippen LogP contribution >= 0.6 is 15.9 Å². The van der Waals surface area contributed by atoms with E-state index in [-0.39, 0.29) is 5.91 Å². The molecule has 5 nitrogen and oxygen atoms in total. The fraction of sp³-hybridized carbons (Fsp3) is 0.533. The molecule has 0 aromatic heterocycles. The summed E-state index contributed by atoms with van der Waals surface area (Å²) in [6.07, 6.45) is -0.513. The Morgan fingerprint density at radius 3 is 2.86 bits per heavy atom. The first-order valence-corrected chi connectivity index (χ1v) is 7.80. The van der Waals surface area contributed by atoms with E-state index in [2.05, 4.69) is 26.6 Å². The topological polar surface area (TPSA) is 59.6 Å². The van der Waals surface area contributed by atoms with Gasteiger partial charge in [0, 0.05) is 31.2 Å². The minimum Gasteiger partial charge on any atom is -0.481 e. The molecule has 1 aromatic rings. The van der Waals surface area contributed by atoms with Gasteiger partial charge in [0.1, 0.15) is 5.75 Å². The minimum atomic E-state index is -0.513. The smallest absolute Gasteiger partial charge is 0.260 e. The Morgan fingerprint density at radius 2 is 2.19 bits per heavy atom. The Labute approximate surface area is 134 Å². The van der Waals surface area contributed by atoms with Crippen molar-refractivity contribution in [2.24, 2.45) is 0 Å². The molecule has 1 unspecified atom stereocenters. The third-order valence-corrected chi connectivity index (χ3v) is 3.62. The van der Waals surface area contributed by atoms with Gasteiger partial charge < -0.3 is 20.1 Å². The number of rotatable bonds is 9. The molecule has 0 bridgehead atoms. The van der Waals surface area contributed by atoms with Crippen LogP contribution in [0.4, 0.5) is 0 Å². The van der Waals surface area contributed by atoms with Crippen LogP contribution < -0.4 is 15.4 Å². The fourth-order valence-corrected chi connectivity index (χ4v) is 2.12. The van der Waals surface area contributed by atoms with Gasteiger partial charge in [-0.2, -0.15) is 0 Å². The highest BCUT2D eigenvalue weighted by Gasteiger charge is 2.14. The van der Waals surface area contributed by atoms with E-state index < -0.39 is 6.10 Å². The number of hydrogen-bond donors (Lipinski definition) is 2. The lowest BCUT2D eigenvalue weighted by molar-refractivity contribution is -0.127. The summed E-state index contributed by atoms with van der Waals surface area (Å²) in [7, 11) is 1.68. The Hall–Kier alpha value is -1.11. The van der Waals surface area contributed by atoms with E-state index in [0.717, 1.165) is 16.6 Å². The van der Waals surface area contributed by atoms with Crippen molar-refractivity contribution in [1.82, 2.24) is 10.6 Å². The predicted octanol–water partition coefficient (Wildman–Crippen LogP) is 2.09. The van der Waals surface area contributed by atoms with Crippen LogP contribution in [-0.2, 0) is 16.1 Å². The molecule has 0 saturated heterocycles. The lowest BCUT2D eigenvalue weighted by atomic mass is 10.2. The van der Waals surface area contributed by atoms with Gasteiger partial charge in [-0.25, -0.2) is 0 Å². The lowest BCUT2D eigenvalue weighted by Gasteiger charge is -2.15. The van der Waals surface area contributed by atoms with Crippen LogP contribution in [0.1, 0.15) is 19.4 Å². The number of methoxy groups -OCH3 is 1. The van der Waals surface area contributed by atoms with Crippen LogP contribution in [0, 0.1) is 0 Å². The number of carbonyl (C=O) groups is 1. The van der Waals surface area contributed by atoms with E-state index in [0.29, 0.717) is 25.4 Å². The van der Waals surface area contributed by atoms with E-state index in [1.165, 1.54) is 0 Å². The molecule has 1 atom stereocenters. The van der Waals surface area contributed by atoms with E-state index in [4.69, 9.17) is 9.47 Å². The maximum Gasteiger partial charge on any atom is 0.260 e. The zero-order chi connectivity index (χ0) is 15.7. The molecule has 1 aromatic carbocycles. The standard InChI is InChI=1S/C15H23BrN2O3/c1-4-18-15(19)11(2)21-13-5-6-14(16)12(9-13)10-17-7-8-20-3/h5-6,9,11,17H,4,7-8,10H2,1-3H3,(H,18,19). The normalized spacial score (nSPS) is 12.0. The largest absolute Gasteiger partial charge is 0.481 e. The van der Waals surface area contributed by atoms with Gasteiger partial charge in [0.05, 0.1) is 6.61 Å². The van der Waals surface area contributed by atoms with Gasteiger partial charge in [0.2, 0.25) is 0 Å². The second-order valence-corrected chi connectivity index (χ2v) is 5.43. The van der Waals surface area contributed by atoms with Gasteiger partial charge in [-0.15, -0.1) is 0 Å². The van der Waals surface area contributed by atoms with Crippen molar-refractivity contribution in [3.8, 4) is 5.75 Å². The highest BCUT2D eigenvalue weighted by atomic mass is 79.9. The average Bonchev–Trinajstić information content (AvgIpc) is 2.46. The van der Waals surface area contributed by atoms with Gasteiger partial charge in [0.25, 0.3) is 5.91 Å². The minimum absolute atomic E-state index is 0.111. The SMILES string of the molecule is CCNC(=O)C(C)Oc1ccc(Br)c(CNCCOC)c1. The van der Waals surface area contributed by atoms with Gasteiger partial charge in [-0.3, -0.25) is 4.79 Å². The van der Waals surface area contributed by atoms with Crippen molar-refractivity contribution >= 4 is 21.8 Å². The van der Waals surface area contributed by atoms with Crippen molar-refractivity contribution in [3.05, 3.63) is 28.2 Å². The molecular formula is C15H23BrN2O3. The molecule has 0 fully saturated rings. The second-order valence-electron chi connectivity index (χ2n) is 4.58. The number of nitrogens with one attached hydrogen (secondary N) is 2. The van der Waals surface area contributed by atoms with Crippen molar-refractivity contribution in [1.29, 1.82) is 0 Å². The molecule has 21 heavy (non-hydrogen) atoms. The van der Waals surface area contributed by atoms with E-state index in [1.807, 2.05) is 25.1 Å². The number of halogens is 1. The Balaban J connectivity index is 2.61. The number of carbonyl (C=O) groups excluding carboxylic acids is 1. The van der Waals surface area contributed by atoms with Crippen LogP contribution in [0.15, 0.2) is 22.7 Å². The van der Waals surface area contributed by atoms with Crippen molar-refractivity contribution in [3.63, 3.8) is 0 Å². The van der Waals surface area contributed by atoms with Crippen molar-refractivity contribution in [2.75, 3.05) is 26.8 Å². The molecule has 0 saturated carbocycles. The van der Waals surface area contributed by atoms with Crippen molar-refractivity contribution < 1.29 is 14.3 Å². The number of ether oxygens (including phenoxy) is 2. The molecule has 0 aliphatic carbocycles. The number of amides is 1. The first-order chi connectivity index (χ1) is 10.1. The Morgan fingerprint density at radius 1 is 1.43 bits per heavy atom. The zero-order valence-electron chi connectivity index (χ0n) is 12.7. The summed E-state index contributed by atoms with van der Waals surface area (Å²) < 4.78 is 11.7. The van der Waals surface area contributed by atoms with Crippen LogP contribution in [0.3, 0.4) is 0 Å². The van der Waals surface area contributed by atoms with Crippen LogP contribution in [0.25, 0.3) is 0 Å². The first kappa shape index (κ1) is 17.9. The molecule has 0 spiro atoms. The third kappa shape index (κ3) is 6.46. The predicted molar refractivity (Wildman–Crippen MR) is 86.5 cm³/mol. The van der Waals surface area contributed by atoms with Crippen LogP contribution in [0.5, 0.6) is 5.75 Å². The van der Waals surface area contributed by atoms with Crippen LogP contribution in [-0.4, -0.2) is 38.8 Å². The number of likely N-dealkylation sites (N-methyl/N-ethyl adjacent to an activating group) is 1. The molecule has 0 aliphatic heterocycles. The molecule has 118 valence electrons. The summed E-state index contributed by atoms with van der Waals surface area (Å²) in [6, 6.07) is 5.70. The van der Waals surface area contributed by atoms with E-state index in [1.54, 1.807) is 14.0 Å². The first-order valence-electron chi connectivity index (χ1n) is 7.01. The van der Waals surface area contributed by atoms with Crippen molar-refractivity contribution in [2.45, 2.75) is 26.5 Å². The monoisotopic (exact) mass is 358 g/mol. The summed E-state index contributed by atoms with van der Waals surface area (Å²) in [6.45, 7) is 6.38. The number of hydrogen-bond acceptors (Lipinski definition) is 4. The lowest BCUT2D eigenvalue weighted by Crippen LogP contribution is -2.36.